The van der Waals surface area contributed by atoms with Crippen LogP contribution in [-0.2, 0) is 16.0 Å². The molecule has 0 amide bonds. The lowest BCUT2D eigenvalue weighted by Gasteiger charge is -2.01. The molecule has 3 nitrogen and oxygen atoms in total. The summed E-state index contributed by atoms with van der Waals surface area (Å²) in [5.41, 5.74) is 3.58. The van der Waals surface area contributed by atoms with Gasteiger partial charge >= 0.3 is 0 Å². The van der Waals surface area contributed by atoms with E-state index < -0.39 is 0 Å². The van der Waals surface area contributed by atoms with Gasteiger partial charge in [-0.1, -0.05) is 41.6 Å². The Bertz CT molecular complexity index is 639. The minimum atomic E-state index is 0.258. The molecule has 0 saturated carbocycles. The first-order chi connectivity index (χ1) is 8.92. The van der Waals surface area contributed by atoms with Crippen molar-refractivity contribution in [3.63, 3.8) is 0 Å². The van der Waals surface area contributed by atoms with Crippen LogP contribution < -0.4 is 0 Å². The van der Waals surface area contributed by atoms with Crippen LogP contribution in [0, 0.1) is 0 Å². The second-order valence-corrected chi connectivity index (χ2v) is 4.79. The van der Waals surface area contributed by atoms with E-state index in [0.29, 0.717) is 6.61 Å². The van der Waals surface area contributed by atoms with Crippen molar-refractivity contribution in [3.8, 4) is 0 Å². The molecule has 1 unspecified atom stereocenters. The van der Waals surface area contributed by atoms with Crippen LogP contribution in [0.15, 0.2) is 41.6 Å². The highest BCUT2D eigenvalue weighted by atomic mass is 16.7. The smallest absolute Gasteiger partial charge is 0.145 e. The number of rotatable bonds is 3. The summed E-state index contributed by atoms with van der Waals surface area (Å²) >= 11 is 0. The van der Waals surface area contributed by atoms with Gasteiger partial charge in [0.25, 0.3) is 0 Å². The number of epoxide rings is 1. The monoisotopic (exact) mass is 239 g/mol. The maximum absolute atomic E-state index is 5.37. The Morgan fingerprint density at radius 2 is 2.06 bits per heavy atom. The highest BCUT2D eigenvalue weighted by Crippen LogP contribution is 2.31. The molecular formula is C15H13NO2. The summed E-state index contributed by atoms with van der Waals surface area (Å²) in [6.45, 7) is 1.37. The second kappa shape index (κ2) is 3.82. The van der Waals surface area contributed by atoms with Gasteiger partial charge in [0.15, 0.2) is 0 Å². The van der Waals surface area contributed by atoms with Crippen LogP contribution in [0.1, 0.15) is 11.1 Å². The average molecular weight is 239 g/mol. The number of oxime groups is 1. The molecule has 0 radical (unpaired) electrons. The highest BCUT2D eigenvalue weighted by Gasteiger charge is 2.24. The van der Waals surface area contributed by atoms with Crippen LogP contribution in [0.5, 0.6) is 0 Å². The minimum absolute atomic E-state index is 0.258. The number of hydrogen-bond donors (Lipinski definition) is 0. The van der Waals surface area contributed by atoms with Gasteiger partial charge in [-0.3, -0.25) is 0 Å². The number of nitrogens with zero attached hydrogens (tertiary/aromatic N) is 1. The van der Waals surface area contributed by atoms with Gasteiger partial charge in [0.2, 0.25) is 0 Å². The quantitative estimate of drug-likeness (QED) is 0.609. The third-order valence-corrected chi connectivity index (χ3v) is 3.50. The van der Waals surface area contributed by atoms with Crippen molar-refractivity contribution in [3.05, 3.63) is 47.5 Å². The van der Waals surface area contributed by atoms with E-state index in [0.717, 1.165) is 18.7 Å². The number of benzene rings is 2. The summed E-state index contributed by atoms with van der Waals surface area (Å²) in [5, 5.41) is 6.88. The second-order valence-electron chi connectivity index (χ2n) is 4.79. The van der Waals surface area contributed by atoms with Gasteiger partial charge in [0.1, 0.15) is 12.7 Å². The molecule has 18 heavy (non-hydrogen) atoms. The molecule has 4 rings (SSSR count). The van der Waals surface area contributed by atoms with E-state index in [1.54, 1.807) is 0 Å². The highest BCUT2D eigenvalue weighted by molar-refractivity contribution is 6.17. The Labute approximate surface area is 105 Å². The topological polar surface area (TPSA) is 34.1 Å². The largest absolute Gasteiger partial charge is 0.393 e. The molecule has 1 fully saturated rings. The van der Waals surface area contributed by atoms with Gasteiger partial charge in [0.05, 0.1) is 12.3 Å². The van der Waals surface area contributed by atoms with Gasteiger partial charge in [-0.15, -0.1) is 0 Å². The summed E-state index contributed by atoms with van der Waals surface area (Å²) in [6.07, 6.45) is 1.12. The predicted octanol–water partition coefficient (Wildman–Crippen LogP) is 2.52. The first-order valence-corrected chi connectivity index (χ1v) is 6.23. The lowest BCUT2D eigenvalue weighted by atomic mass is 10.1. The van der Waals surface area contributed by atoms with E-state index >= 15 is 0 Å². The summed E-state index contributed by atoms with van der Waals surface area (Å²) in [6, 6.07) is 12.7. The molecule has 1 heterocycles. The number of ether oxygens (including phenoxy) is 1. The maximum atomic E-state index is 5.37. The van der Waals surface area contributed by atoms with Crippen LogP contribution >= 0.6 is 0 Å². The van der Waals surface area contributed by atoms with Crippen LogP contribution in [-0.4, -0.2) is 25.0 Å². The summed E-state index contributed by atoms with van der Waals surface area (Å²) in [5.74, 6) is 0. The normalized spacial score (nSPS) is 22.7. The van der Waals surface area contributed by atoms with Crippen LogP contribution in [0.4, 0.5) is 0 Å². The molecule has 2 aromatic carbocycles. The van der Waals surface area contributed by atoms with E-state index in [2.05, 4.69) is 41.6 Å². The van der Waals surface area contributed by atoms with Crippen molar-refractivity contribution in [2.45, 2.75) is 12.5 Å². The molecule has 0 aromatic heterocycles. The van der Waals surface area contributed by atoms with Gasteiger partial charge in [-0.25, -0.2) is 0 Å². The molecule has 3 heteroatoms. The molecule has 0 N–H and O–H groups in total. The van der Waals surface area contributed by atoms with Crippen LogP contribution in [0.2, 0.25) is 0 Å². The molecule has 1 aliphatic carbocycles. The van der Waals surface area contributed by atoms with Crippen molar-refractivity contribution in [1.82, 2.24) is 0 Å². The molecule has 1 saturated heterocycles. The predicted molar refractivity (Wildman–Crippen MR) is 69.9 cm³/mol. The molecule has 1 atom stereocenters. The minimum Gasteiger partial charge on any atom is -0.393 e. The van der Waals surface area contributed by atoms with Gasteiger partial charge < -0.3 is 9.57 Å². The van der Waals surface area contributed by atoms with E-state index in [1.807, 2.05) is 0 Å². The van der Waals surface area contributed by atoms with Crippen molar-refractivity contribution in [1.29, 1.82) is 0 Å². The van der Waals surface area contributed by atoms with Gasteiger partial charge in [-0.05, 0) is 16.3 Å². The fourth-order valence-corrected chi connectivity index (χ4v) is 2.53. The maximum Gasteiger partial charge on any atom is 0.145 e. The van der Waals surface area contributed by atoms with Crippen molar-refractivity contribution in [2.75, 3.05) is 13.2 Å². The Hall–Kier alpha value is -1.87. The van der Waals surface area contributed by atoms with E-state index in [9.17, 15) is 0 Å². The van der Waals surface area contributed by atoms with Crippen LogP contribution in [0.25, 0.3) is 10.8 Å². The van der Waals surface area contributed by atoms with Crippen molar-refractivity contribution in [2.24, 2.45) is 5.16 Å². The third kappa shape index (κ3) is 1.59. The molecule has 2 aromatic rings. The van der Waals surface area contributed by atoms with E-state index in [4.69, 9.17) is 9.57 Å². The number of hydrogen-bond acceptors (Lipinski definition) is 3. The zero-order chi connectivity index (χ0) is 11.9. The molecule has 90 valence electrons. The summed E-state index contributed by atoms with van der Waals surface area (Å²) < 4.78 is 5.10. The third-order valence-electron chi connectivity index (χ3n) is 3.50. The van der Waals surface area contributed by atoms with Crippen molar-refractivity contribution < 1.29 is 9.57 Å². The van der Waals surface area contributed by atoms with Crippen molar-refractivity contribution >= 4 is 16.5 Å². The standard InChI is InChI=1S/C15H13NO2/c1-3-10-4-2-6-13-14(7-11(5-1)15(10)13)16-18-9-12-8-17-12/h1-6,12H,7-9H2/b16-14+. The van der Waals surface area contributed by atoms with E-state index in [-0.39, 0.29) is 6.10 Å². The molecule has 1 aliphatic heterocycles. The fraction of sp³-hybridized carbons (Fsp3) is 0.267. The fourth-order valence-electron chi connectivity index (χ4n) is 2.53. The molecule has 0 spiro atoms. The Kier molecular flexibility index (Phi) is 2.14. The SMILES string of the molecule is c1cc2c3c(cccc3c1)/C(=N/OCC1CO1)C2. The van der Waals surface area contributed by atoms with Crippen LogP contribution in [0.3, 0.4) is 0 Å². The Morgan fingerprint density at radius 3 is 2.89 bits per heavy atom. The van der Waals surface area contributed by atoms with E-state index in [1.165, 1.54) is 21.9 Å². The lowest BCUT2D eigenvalue weighted by molar-refractivity contribution is 0.125. The zero-order valence-corrected chi connectivity index (χ0v) is 9.93. The van der Waals surface area contributed by atoms with Gasteiger partial charge in [0, 0.05) is 12.0 Å². The zero-order valence-electron chi connectivity index (χ0n) is 9.93. The first kappa shape index (κ1) is 10.1. The van der Waals surface area contributed by atoms with Gasteiger partial charge in [-0.2, -0.15) is 0 Å². The molecule has 0 bridgehead atoms. The lowest BCUT2D eigenvalue weighted by Crippen LogP contribution is -2.02. The summed E-state index contributed by atoms with van der Waals surface area (Å²) in [4.78, 5) is 5.37. The first-order valence-electron chi connectivity index (χ1n) is 6.23. The Balaban J connectivity index is 1.71. The molecule has 2 aliphatic rings. The average Bonchev–Trinajstić information content (AvgIpc) is 3.15. The molecular weight excluding hydrogens is 226 g/mol. The Morgan fingerprint density at radius 1 is 1.22 bits per heavy atom. The summed E-state index contributed by atoms with van der Waals surface area (Å²) in [7, 11) is 0.